The number of nitrogens with one attached hydrogen (secondary N) is 1. The second-order valence-corrected chi connectivity index (χ2v) is 2.59. The van der Waals surface area contributed by atoms with Crippen LogP contribution in [0.2, 0.25) is 0 Å². The Kier molecular flexibility index (Phi) is 1.30. The number of nitrogens with two attached hydrogens (primary N) is 1. The van der Waals surface area contributed by atoms with Crippen LogP contribution in [0.15, 0.2) is 4.79 Å². The molecule has 13 heavy (non-hydrogen) atoms. The molecular formula is C6H7N5O2. The first kappa shape index (κ1) is 7.59. The van der Waals surface area contributed by atoms with Crippen molar-refractivity contribution >= 4 is 17.1 Å². The molecule has 7 heteroatoms. The van der Waals surface area contributed by atoms with Crippen molar-refractivity contribution in [3.63, 3.8) is 0 Å². The summed E-state index contributed by atoms with van der Waals surface area (Å²) in [5, 5.41) is 9.33. The molecule has 0 spiro atoms. The number of H-pyrrole nitrogens is 1. The number of anilines is 1. The maximum Gasteiger partial charge on any atom is 0.280 e. The van der Waals surface area contributed by atoms with Crippen molar-refractivity contribution in [1.82, 2.24) is 19.7 Å². The summed E-state index contributed by atoms with van der Waals surface area (Å²) < 4.78 is 0.723. The van der Waals surface area contributed by atoms with Crippen molar-refractivity contribution < 1.29 is 5.21 Å². The van der Waals surface area contributed by atoms with Crippen molar-refractivity contribution in [3.05, 3.63) is 16.2 Å². The quantitative estimate of drug-likeness (QED) is 0.463. The Hall–Kier alpha value is -2.05. The van der Waals surface area contributed by atoms with E-state index in [1.54, 1.807) is 6.92 Å². The summed E-state index contributed by atoms with van der Waals surface area (Å²) in [5.41, 5.74) is 4.97. The lowest BCUT2D eigenvalue weighted by Gasteiger charge is -1.94. The van der Waals surface area contributed by atoms with E-state index in [0.717, 1.165) is 4.73 Å². The minimum atomic E-state index is -0.460. The fraction of sp³-hybridized carbons (Fsp3) is 0.167. The topological polar surface area (TPSA) is 110 Å². The van der Waals surface area contributed by atoms with Crippen LogP contribution in [-0.2, 0) is 0 Å². The monoisotopic (exact) mass is 181 g/mol. The standard InChI is InChI=1S/C6H7N5O2/c1-2-8-3-4(11(2)13)9-6(7)10-5(3)12/h13H,1H3,(H3,7,9,10,12). The smallest absolute Gasteiger partial charge is 0.280 e. The summed E-state index contributed by atoms with van der Waals surface area (Å²) >= 11 is 0. The molecule has 0 aliphatic carbocycles. The zero-order chi connectivity index (χ0) is 9.59. The Balaban J connectivity index is 3.03. The van der Waals surface area contributed by atoms with Gasteiger partial charge >= 0.3 is 0 Å². The van der Waals surface area contributed by atoms with E-state index in [1.165, 1.54) is 0 Å². The second-order valence-electron chi connectivity index (χ2n) is 2.59. The van der Waals surface area contributed by atoms with Crippen LogP contribution in [0.1, 0.15) is 5.82 Å². The van der Waals surface area contributed by atoms with Crippen molar-refractivity contribution in [2.24, 2.45) is 0 Å². The summed E-state index contributed by atoms with van der Waals surface area (Å²) in [7, 11) is 0. The largest absolute Gasteiger partial charge is 0.425 e. The first-order valence-electron chi connectivity index (χ1n) is 3.53. The third kappa shape index (κ3) is 0.934. The number of fused-ring (bicyclic) bond motifs is 1. The maximum atomic E-state index is 11.2. The molecule has 68 valence electrons. The molecule has 0 saturated heterocycles. The van der Waals surface area contributed by atoms with Gasteiger partial charge in [0, 0.05) is 0 Å². The zero-order valence-corrected chi connectivity index (χ0v) is 6.77. The SMILES string of the molecule is Cc1nc2c(=O)[nH]c(N)nc2n1O. The number of hydrogen-bond acceptors (Lipinski definition) is 5. The van der Waals surface area contributed by atoms with Crippen molar-refractivity contribution in [3.8, 4) is 0 Å². The van der Waals surface area contributed by atoms with Gasteiger partial charge in [-0.15, -0.1) is 0 Å². The predicted octanol–water partition coefficient (Wildman–Crippen LogP) is -0.752. The van der Waals surface area contributed by atoms with Crippen molar-refractivity contribution in [2.45, 2.75) is 6.92 Å². The van der Waals surface area contributed by atoms with Gasteiger partial charge in [-0.1, -0.05) is 0 Å². The summed E-state index contributed by atoms with van der Waals surface area (Å²) in [4.78, 5) is 21.0. The van der Waals surface area contributed by atoms with Crippen molar-refractivity contribution in [2.75, 3.05) is 5.73 Å². The molecule has 4 N–H and O–H groups in total. The van der Waals surface area contributed by atoms with Gasteiger partial charge in [0.15, 0.2) is 5.52 Å². The van der Waals surface area contributed by atoms with E-state index >= 15 is 0 Å². The number of rotatable bonds is 0. The van der Waals surface area contributed by atoms with Gasteiger partial charge in [-0.25, -0.2) is 4.98 Å². The molecule has 2 rings (SSSR count). The molecule has 2 aromatic rings. The fourth-order valence-electron chi connectivity index (χ4n) is 1.08. The summed E-state index contributed by atoms with van der Waals surface area (Å²) in [6.07, 6.45) is 0. The maximum absolute atomic E-state index is 11.2. The van der Waals surface area contributed by atoms with E-state index in [9.17, 15) is 10.0 Å². The van der Waals surface area contributed by atoms with E-state index in [0.29, 0.717) is 5.82 Å². The Morgan fingerprint density at radius 2 is 2.23 bits per heavy atom. The molecule has 7 nitrogen and oxygen atoms in total. The van der Waals surface area contributed by atoms with Gasteiger partial charge in [-0.05, 0) is 6.92 Å². The Bertz CT molecular complexity index is 526. The van der Waals surface area contributed by atoms with Gasteiger partial charge in [-0.3, -0.25) is 9.78 Å². The number of aromatic amines is 1. The first-order valence-corrected chi connectivity index (χ1v) is 3.53. The summed E-state index contributed by atoms with van der Waals surface area (Å²) in [6.45, 7) is 1.55. The Morgan fingerprint density at radius 1 is 1.54 bits per heavy atom. The number of imidazole rings is 1. The molecule has 0 aliphatic rings. The van der Waals surface area contributed by atoms with Crippen LogP contribution >= 0.6 is 0 Å². The highest BCUT2D eigenvalue weighted by molar-refractivity contribution is 5.70. The van der Waals surface area contributed by atoms with Gasteiger partial charge in [0.05, 0.1) is 0 Å². The molecule has 0 aliphatic heterocycles. The highest BCUT2D eigenvalue weighted by Gasteiger charge is 2.11. The number of hydrogen-bond donors (Lipinski definition) is 3. The van der Waals surface area contributed by atoms with Gasteiger partial charge < -0.3 is 10.9 Å². The molecule has 0 aromatic carbocycles. The fourth-order valence-corrected chi connectivity index (χ4v) is 1.08. The zero-order valence-electron chi connectivity index (χ0n) is 6.77. The molecule has 0 amide bonds. The van der Waals surface area contributed by atoms with E-state index in [-0.39, 0.29) is 17.1 Å². The Morgan fingerprint density at radius 3 is 2.92 bits per heavy atom. The minimum Gasteiger partial charge on any atom is -0.425 e. The molecule has 0 bridgehead atoms. The highest BCUT2D eigenvalue weighted by Crippen LogP contribution is 2.07. The lowest BCUT2D eigenvalue weighted by atomic mass is 10.5. The van der Waals surface area contributed by atoms with E-state index in [2.05, 4.69) is 15.0 Å². The minimum absolute atomic E-state index is 0.0484. The molecule has 0 saturated carbocycles. The second kappa shape index (κ2) is 2.22. The van der Waals surface area contributed by atoms with Crippen LogP contribution in [0.25, 0.3) is 11.2 Å². The predicted molar refractivity (Wildman–Crippen MR) is 44.5 cm³/mol. The number of nitrogens with zero attached hydrogens (tertiary/aromatic N) is 3. The molecular weight excluding hydrogens is 174 g/mol. The van der Waals surface area contributed by atoms with Crippen LogP contribution in [0.5, 0.6) is 0 Å². The number of nitrogen functional groups attached to an aromatic ring is 1. The van der Waals surface area contributed by atoms with E-state index < -0.39 is 5.56 Å². The molecule has 0 radical (unpaired) electrons. The molecule has 0 unspecified atom stereocenters. The molecule has 2 aromatic heterocycles. The van der Waals surface area contributed by atoms with Gasteiger partial charge in [-0.2, -0.15) is 9.71 Å². The third-order valence-corrected chi connectivity index (χ3v) is 1.68. The summed E-state index contributed by atoms with van der Waals surface area (Å²) in [6, 6.07) is 0. The first-order chi connectivity index (χ1) is 6.09. The van der Waals surface area contributed by atoms with Crippen LogP contribution in [0.4, 0.5) is 5.95 Å². The van der Waals surface area contributed by atoms with Gasteiger partial charge in [0.25, 0.3) is 5.56 Å². The van der Waals surface area contributed by atoms with Crippen LogP contribution in [0.3, 0.4) is 0 Å². The lowest BCUT2D eigenvalue weighted by Crippen LogP contribution is -2.11. The normalized spacial score (nSPS) is 10.8. The van der Waals surface area contributed by atoms with Crippen LogP contribution in [-0.4, -0.2) is 24.9 Å². The average Bonchev–Trinajstić information content (AvgIpc) is 2.32. The van der Waals surface area contributed by atoms with Crippen molar-refractivity contribution in [1.29, 1.82) is 0 Å². The van der Waals surface area contributed by atoms with Gasteiger partial charge in [0.2, 0.25) is 11.6 Å². The molecule has 0 atom stereocenters. The van der Waals surface area contributed by atoms with E-state index in [1.807, 2.05) is 0 Å². The number of aryl methyl sites for hydroxylation is 1. The van der Waals surface area contributed by atoms with Gasteiger partial charge in [0.1, 0.15) is 5.82 Å². The third-order valence-electron chi connectivity index (χ3n) is 1.68. The summed E-state index contributed by atoms with van der Waals surface area (Å²) in [5.74, 6) is 0.242. The Labute approximate surface area is 71.8 Å². The van der Waals surface area contributed by atoms with Crippen LogP contribution < -0.4 is 11.3 Å². The molecule has 0 fully saturated rings. The number of aromatic nitrogens is 4. The average molecular weight is 181 g/mol. The van der Waals surface area contributed by atoms with Crippen LogP contribution in [0, 0.1) is 6.92 Å². The van der Waals surface area contributed by atoms with E-state index in [4.69, 9.17) is 5.73 Å². The highest BCUT2D eigenvalue weighted by atomic mass is 16.5. The lowest BCUT2D eigenvalue weighted by molar-refractivity contribution is 0.189. The molecule has 2 heterocycles.